The van der Waals surface area contributed by atoms with Crippen molar-refractivity contribution in [3.8, 4) is 0 Å². The third kappa shape index (κ3) is 0.756. The normalized spacial score (nSPS) is 51.2. The predicted molar refractivity (Wildman–Crippen MR) is 40.4 cm³/mol. The standard InChI is InChI=1S/C9H12O3/c10-8-5-1-2-6-7(8)4-12-9(6)11-3-5/h5-7,9H,1-4H2. The minimum atomic E-state index is -0.0635. The molecule has 12 heavy (non-hydrogen) atoms. The molecule has 0 aromatic heterocycles. The minimum absolute atomic E-state index is 0.0635. The zero-order valence-corrected chi connectivity index (χ0v) is 6.86. The topological polar surface area (TPSA) is 35.5 Å². The highest BCUT2D eigenvalue weighted by atomic mass is 16.7. The summed E-state index contributed by atoms with van der Waals surface area (Å²) >= 11 is 0. The summed E-state index contributed by atoms with van der Waals surface area (Å²) in [5.74, 6) is 1.11. The number of Topliss-reactive ketones (excluding diaryl/α,β-unsaturated/α-hetero) is 1. The van der Waals surface area contributed by atoms with Crippen LogP contribution in [0.1, 0.15) is 12.8 Å². The van der Waals surface area contributed by atoms with E-state index in [1.807, 2.05) is 0 Å². The molecule has 3 heterocycles. The molecule has 4 aliphatic rings. The van der Waals surface area contributed by atoms with Crippen LogP contribution in [-0.4, -0.2) is 25.3 Å². The average molecular weight is 168 g/mol. The van der Waals surface area contributed by atoms with Crippen molar-refractivity contribution in [2.45, 2.75) is 19.1 Å². The van der Waals surface area contributed by atoms with Gasteiger partial charge in [0.25, 0.3) is 0 Å². The van der Waals surface area contributed by atoms with Crippen molar-refractivity contribution in [2.75, 3.05) is 13.2 Å². The van der Waals surface area contributed by atoms with Crippen LogP contribution in [0.25, 0.3) is 0 Å². The van der Waals surface area contributed by atoms with Crippen LogP contribution < -0.4 is 0 Å². The summed E-state index contributed by atoms with van der Waals surface area (Å²) in [5, 5.41) is 0. The van der Waals surface area contributed by atoms with Gasteiger partial charge in [-0.2, -0.15) is 0 Å². The molecule has 0 spiro atoms. The molecule has 0 aromatic carbocycles. The molecule has 4 fully saturated rings. The molecule has 3 heteroatoms. The molecule has 4 unspecified atom stereocenters. The highest BCUT2D eigenvalue weighted by Gasteiger charge is 2.50. The fourth-order valence-corrected chi connectivity index (χ4v) is 2.65. The van der Waals surface area contributed by atoms with E-state index in [4.69, 9.17) is 9.47 Å². The van der Waals surface area contributed by atoms with Crippen molar-refractivity contribution in [3.63, 3.8) is 0 Å². The maximum atomic E-state index is 11.7. The molecule has 0 aromatic rings. The molecule has 3 nitrogen and oxygen atoms in total. The summed E-state index contributed by atoms with van der Waals surface area (Å²) in [7, 11) is 0. The first kappa shape index (κ1) is 7.04. The number of fused-ring (bicyclic) bond motifs is 2. The molecule has 3 saturated heterocycles. The van der Waals surface area contributed by atoms with Crippen molar-refractivity contribution in [1.82, 2.24) is 0 Å². The van der Waals surface area contributed by atoms with Gasteiger partial charge >= 0.3 is 0 Å². The van der Waals surface area contributed by atoms with Gasteiger partial charge in [0.05, 0.1) is 13.2 Å². The highest BCUT2D eigenvalue weighted by Crippen LogP contribution is 2.42. The molecule has 0 radical (unpaired) electrons. The summed E-state index contributed by atoms with van der Waals surface area (Å²) in [6.45, 7) is 1.20. The first-order valence-electron chi connectivity index (χ1n) is 4.63. The lowest BCUT2D eigenvalue weighted by molar-refractivity contribution is -0.140. The first-order chi connectivity index (χ1) is 5.86. The van der Waals surface area contributed by atoms with Gasteiger partial charge in [0.15, 0.2) is 6.29 Å². The highest BCUT2D eigenvalue weighted by molar-refractivity contribution is 5.85. The fourth-order valence-electron chi connectivity index (χ4n) is 2.65. The van der Waals surface area contributed by atoms with Gasteiger partial charge < -0.3 is 9.47 Å². The summed E-state index contributed by atoms with van der Waals surface area (Å²) in [6, 6.07) is 0. The van der Waals surface area contributed by atoms with E-state index >= 15 is 0 Å². The van der Waals surface area contributed by atoms with E-state index in [2.05, 4.69) is 0 Å². The van der Waals surface area contributed by atoms with E-state index in [0.29, 0.717) is 24.9 Å². The zero-order chi connectivity index (χ0) is 8.13. The third-order valence-electron chi connectivity index (χ3n) is 3.38. The van der Waals surface area contributed by atoms with Gasteiger partial charge in [0.2, 0.25) is 0 Å². The Balaban J connectivity index is 2.00. The van der Waals surface area contributed by atoms with Crippen LogP contribution in [0.5, 0.6) is 0 Å². The van der Waals surface area contributed by atoms with Crippen LogP contribution in [0.4, 0.5) is 0 Å². The number of ether oxygens (including phenoxy) is 2. The van der Waals surface area contributed by atoms with Crippen molar-refractivity contribution >= 4 is 5.78 Å². The molecule has 4 bridgehead atoms. The number of rotatable bonds is 0. The lowest BCUT2D eigenvalue weighted by Gasteiger charge is -2.24. The zero-order valence-electron chi connectivity index (χ0n) is 6.86. The minimum Gasteiger partial charge on any atom is -0.352 e. The van der Waals surface area contributed by atoms with Gasteiger partial charge in [-0.25, -0.2) is 0 Å². The van der Waals surface area contributed by atoms with Crippen LogP contribution in [0, 0.1) is 17.8 Å². The Bertz CT molecular complexity index is 226. The second-order valence-corrected chi connectivity index (χ2v) is 3.98. The Morgan fingerprint density at radius 3 is 2.92 bits per heavy atom. The molecular weight excluding hydrogens is 156 g/mol. The summed E-state index contributed by atoms with van der Waals surface area (Å²) in [5.41, 5.74) is 0. The summed E-state index contributed by atoms with van der Waals surface area (Å²) in [4.78, 5) is 11.7. The van der Waals surface area contributed by atoms with Crippen molar-refractivity contribution < 1.29 is 14.3 Å². The number of ketones is 1. The largest absolute Gasteiger partial charge is 0.352 e. The number of hydrogen-bond donors (Lipinski definition) is 0. The maximum absolute atomic E-state index is 11.7. The Hall–Kier alpha value is -0.410. The second-order valence-electron chi connectivity index (χ2n) is 3.98. The van der Waals surface area contributed by atoms with Crippen LogP contribution in [-0.2, 0) is 14.3 Å². The van der Waals surface area contributed by atoms with Crippen LogP contribution >= 0.6 is 0 Å². The van der Waals surface area contributed by atoms with Crippen molar-refractivity contribution in [2.24, 2.45) is 17.8 Å². The fraction of sp³-hybridized carbons (Fsp3) is 0.889. The molecule has 1 aliphatic carbocycles. The number of carbonyl (C=O) groups excluding carboxylic acids is 1. The molecular formula is C9H12O3. The monoisotopic (exact) mass is 168 g/mol. The van der Waals surface area contributed by atoms with Crippen LogP contribution in [0.2, 0.25) is 0 Å². The van der Waals surface area contributed by atoms with E-state index < -0.39 is 0 Å². The number of carbonyl (C=O) groups is 1. The Kier molecular flexibility index (Phi) is 1.35. The summed E-state index contributed by atoms with van der Waals surface area (Å²) in [6.07, 6.45) is 2.07. The maximum Gasteiger partial charge on any atom is 0.161 e. The molecule has 0 N–H and O–H groups in total. The molecule has 66 valence electrons. The van der Waals surface area contributed by atoms with Gasteiger partial charge in [0.1, 0.15) is 5.78 Å². The van der Waals surface area contributed by atoms with Gasteiger partial charge in [-0.1, -0.05) is 0 Å². The molecule has 4 atom stereocenters. The quantitative estimate of drug-likeness (QED) is 0.531. The third-order valence-corrected chi connectivity index (χ3v) is 3.38. The SMILES string of the molecule is O=C1C2CCC3C(OC2)OCC13. The van der Waals surface area contributed by atoms with Crippen molar-refractivity contribution in [1.29, 1.82) is 0 Å². The summed E-state index contributed by atoms with van der Waals surface area (Å²) < 4.78 is 10.9. The second kappa shape index (κ2) is 2.30. The number of hydrogen-bond acceptors (Lipinski definition) is 3. The lowest BCUT2D eigenvalue weighted by atomic mass is 9.75. The Labute approximate surface area is 71.0 Å². The van der Waals surface area contributed by atoms with E-state index in [0.717, 1.165) is 12.8 Å². The Morgan fingerprint density at radius 1 is 1.17 bits per heavy atom. The first-order valence-corrected chi connectivity index (χ1v) is 4.63. The van der Waals surface area contributed by atoms with Gasteiger partial charge in [-0.05, 0) is 12.8 Å². The van der Waals surface area contributed by atoms with Gasteiger partial charge in [-0.15, -0.1) is 0 Å². The van der Waals surface area contributed by atoms with Crippen molar-refractivity contribution in [3.05, 3.63) is 0 Å². The van der Waals surface area contributed by atoms with E-state index in [1.165, 1.54) is 0 Å². The predicted octanol–water partition coefficient (Wildman–Crippen LogP) is 0.584. The van der Waals surface area contributed by atoms with E-state index in [-0.39, 0.29) is 18.1 Å². The van der Waals surface area contributed by atoms with E-state index in [9.17, 15) is 4.79 Å². The lowest BCUT2D eigenvalue weighted by Crippen LogP contribution is -2.33. The van der Waals surface area contributed by atoms with Gasteiger partial charge in [0, 0.05) is 17.8 Å². The smallest absolute Gasteiger partial charge is 0.161 e. The Morgan fingerprint density at radius 2 is 2.00 bits per heavy atom. The average Bonchev–Trinajstić information content (AvgIpc) is 2.32. The molecule has 0 amide bonds. The van der Waals surface area contributed by atoms with Crippen LogP contribution in [0.15, 0.2) is 0 Å². The van der Waals surface area contributed by atoms with Gasteiger partial charge in [-0.3, -0.25) is 4.79 Å². The molecule has 4 rings (SSSR count). The van der Waals surface area contributed by atoms with Crippen LogP contribution in [0.3, 0.4) is 0 Å². The molecule has 1 saturated carbocycles. The van der Waals surface area contributed by atoms with E-state index in [1.54, 1.807) is 0 Å². The molecule has 3 aliphatic heterocycles.